The Kier molecular flexibility index (Phi) is 10.6. The van der Waals surface area contributed by atoms with Gasteiger partial charge in [-0.3, -0.25) is 4.90 Å². The highest BCUT2D eigenvalue weighted by molar-refractivity contribution is 7.12. The van der Waals surface area contributed by atoms with Gasteiger partial charge in [0, 0.05) is 41.9 Å². The smallest absolute Gasteiger partial charge is 0.120 e. The first-order valence-electron chi connectivity index (χ1n) is 12.5. The Hall–Kier alpha value is -2.89. The summed E-state index contributed by atoms with van der Waals surface area (Å²) in [5, 5.41) is 27.5. The van der Waals surface area contributed by atoms with Gasteiger partial charge in [-0.05, 0) is 75.9 Å². The van der Waals surface area contributed by atoms with Gasteiger partial charge in [0.05, 0.1) is 23.3 Å². The van der Waals surface area contributed by atoms with Crippen molar-refractivity contribution in [1.29, 1.82) is 15.8 Å². The largest absolute Gasteiger partial charge is 0.492 e. The third kappa shape index (κ3) is 7.81. The molecule has 2 atom stereocenters. The maximum Gasteiger partial charge on any atom is 0.120 e. The second-order valence-corrected chi connectivity index (χ2v) is 10.4. The lowest BCUT2D eigenvalue weighted by atomic mass is 9.98. The molecule has 6 nitrogen and oxygen atoms in total. The fourth-order valence-corrected chi connectivity index (χ4v) is 6.04. The van der Waals surface area contributed by atoms with Crippen molar-refractivity contribution in [3.63, 3.8) is 0 Å². The predicted molar refractivity (Wildman–Crippen MR) is 139 cm³/mol. The summed E-state index contributed by atoms with van der Waals surface area (Å²) in [6.45, 7) is 9.56. The van der Waals surface area contributed by atoms with Crippen LogP contribution in [0.2, 0.25) is 0 Å². The lowest BCUT2D eigenvalue weighted by molar-refractivity contribution is 0.160. The lowest BCUT2D eigenvalue weighted by Crippen LogP contribution is -2.40. The average Bonchev–Trinajstić information content (AvgIpc) is 3.50. The van der Waals surface area contributed by atoms with Crippen molar-refractivity contribution in [1.82, 2.24) is 9.80 Å². The predicted octanol–water partition coefficient (Wildman–Crippen LogP) is 5.44. The Bertz CT molecular complexity index is 1080. The first kappa shape index (κ1) is 26.7. The van der Waals surface area contributed by atoms with Crippen molar-refractivity contribution in [3.8, 4) is 24.0 Å². The molecule has 1 fully saturated rings. The molecule has 35 heavy (non-hydrogen) atoms. The summed E-state index contributed by atoms with van der Waals surface area (Å²) >= 11 is 1.78. The molecular weight excluding hydrogens is 454 g/mol. The Labute approximate surface area is 214 Å². The van der Waals surface area contributed by atoms with Crippen molar-refractivity contribution in [3.05, 3.63) is 51.2 Å². The summed E-state index contributed by atoms with van der Waals surface area (Å²) in [5.41, 5.74) is 1.42. The molecule has 1 aliphatic heterocycles. The van der Waals surface area contributed by atoms with Crippen molar-refractivity contribution < 1.29 is 4.74 Å². The Morgan fingerprint density at radius 2 is 2.06 bits per heavy atom. The summed E-state index contributed by atoms with van der Waals surface area (Å²) < 4.78 is 5.90. The highest BCUT2D eigenvalue weighted by Gasteiger charge is 2.27. The molecule has 2 unspecified atom stereocenters. The van der Waals surface area contributed by atoms with Crippen LogP contribution in [-0.4, -0.2) is 55.2 Å². The van der Waals surface area contributed by atoms with Crippen molar-refractivity contribution >= 4 is 11.3 Å². The molecule has 0 aliphatic carbocycles. The van der Waals surface area contributed by atoms with Crippen molar-refractivity contribution in [2.24, 2.45) is 0 Å². The van der Waals surface area contributed by atoms with Crippen LogP contribution in [0.3, 0.4) is 0 Å². The Morgan fingerprint density at radius 3 is 2.77 bits per heavy atom. The van der Waals surface area contributed by atoms with E-state index in [0.29, 0.717) is 36.3 Å². The zero-order valence-corrected chi connectivity index (χ0v) is 21.7. The van der Waals surface area contributed by atoms with Gasteiger partial charge in [-0.25, -0.2) is 0 Å². The van der Waals surface area contributed by atoms with E-state index in [9.17, 15) is 5.26 Å². The SMILES string of the molecule is CCC(CCCN1CCC(N(CCC#N)CCOc2cccc(C#N)c2)C1)c1cc(C#N)c(C)s1. The van der Waals surface area contributed by atoms with Crippen LogP contribution in [0.15, 0.2) is 30.3 Å². The van der Waals surface area contributed by atoms with Crippen LogP contribution in [0.5, 0.6) is 5.75 Å². The van der Waals surface area contributed by atoms with E-state index in [-0.39, 0.29) is 0 Å². The van der Waals surface area contributed by atoms with E-state index >= 15 is 0 Å². The first-order valence-corrected chi connectivity index (χ1v) is 13.4. The zero-order valence-electron chi connectivity index (χ0n) is 20.9. The Balaban J connectivity index is 1.46. The van der Waals surface area contributed by atoms with E-state index in [1.165, 1.54) is 4.88 Å². The molecule has 2 aromatic rings. The molecule has 0 N–H and O–H groups in total. The molecule has 0 radical (unpaired) electrons. The second-order valence-electron chi connectivity index (χ2n) is 9.15. The topological polar surface area (TPSA) is 87.1 Å². The number of rotatable bonds is 13. The number of benzene rings is 1. The van der Waals surface area contributed by atoms with Gasteiger partial charge in [-0.1, -0.05) is 13.0 Å². The minimum atomic E-state index is 0.442. The van der Waals surface area contributed by atoms with Gasteiger partial charge in [-0.2, -0.15) is 15.8 Å². The van der Waals surface area contributed by atoms with Crippen molar-refractivity contribution in [2.45, 2.75) is 57.9 Å². The monoisotopic (exact) mass is 489 g/mol. The fraction of sp³-hybridized carbons (Fsp3) is 0.536. The van der Waals surface area contributed by atoms with E-state index in [1.54, 1.807) is 23.5 Å². The van der Waals surface area contributed by atoms with E-state index in [4.69, 9.17) is 15.3 Å². The molecule has 1 aliphatic rings. The van der Waals surface area contributed by atoms with Gasteiger partial charge >= 0.3 is 0 Å². The molecule has 1 aromatic heterocycles. The number of ether oxygens (including phenoxy) is 1. The molecule has 1 aromatic carbocycles. The van der Waals surface area contributed by atoms with Gasteiger partial charge < -0.3 is 9.64 Å². The maximum absolute atomic E-state index is 9.27. The van der Waals surface area contributed by atoms with Gasteiger partial charge in [0.1, 0.15) is 18.4 Å². The lowest BCUT2D eigenvalue weighted by Gasteiger charge is -2.28. The van der Waals surface area contributed by atoms with Gasteiger partial charge in [0.2, 0.25) is 0 Å². The number of thiophene rings is 1. The zero-order chi connectivity index (χ0) is 25.0. The standard InChI is InChI=1S/C28H35N5OS/c1-3-24(28-18-25(20-31)22(2)35-28)8-5-12-32-14-10-26(21-32)33(13-6-11-29)15-16-34-27-9-4-7-23(17-27)19-30/h4,7,9,17-18,24,26H,3,5-6,8,10,12-16,21H2,1-2H3. The number of hydrogen-bond acceptors (Lipinski definition) is 7. The van der Waals surface area contributed by atoms with E-state index in [1.807, 2.05) is 19.1 Å². The van der Waals surface area contributed by atoms with E-state index in [2.05, 4.69) is 41.0 Å². The van der Waals surface area contributed by atoms with E-state index < -0.39 is 0 Å². The quantitative estimate of drug-likeness (QED) is 0.372. The van der Waals surface area contributed by atoms with Gasteiger partial charge in [0.25, 0.3) is 0 Å². The van der Waals surface area contributed by atoms with Crippen LogP contribution < -0.4 is 4.74 Å². The number of nitriles is 3. The number of likely N-dealkylation sites (tertiary alicyclic amines) is 1. The third-order valence-electron chi connectivity index (χ3n) is 6.86. The molecule has 0 amide bonds. The second kappa shape index (κ2) is 13.9. The fourth-order valence-electron chi connectivity index (χ4n) is 4.85. The van der Waals surface area contributed by atoms with Crippen LogP contribution in [-0.2, 0) is 0 Å². The summed E-state index contributed by atoms with van der Waals surface area (Å²) in [6.07, 6.45) is 5.04. The summed E-state index contributed by atoms with van der Waals surface area (Å²) in [7, 11) is 0. The van der Waals surface area contributed by atoms with Crippen LogP contribution >= 0.6 is 11.3 Å². The van der Waals surface area contributed by atoms with Crippen molar-refractivity contribution in [2.75, 3.05) is 39.3 Å². The van der Waals surface area contributed by atoms with Crippen LogP contribution in [0.1, 0.15) is 65.8 Å². The number of hydrogen-bond donors (Lipinski definition) is 0. The molecule has 2 heterocycles. The van der Waals surface area contributed by atoms with E-state index in [0.717, 1.165) is 68.8 Å². The number of aryl methyl sites for hydroxylation is 1. The minimum Gasteiger partial charge on any atom is -0.492 e. The molecule has 0 bridgehead atoms. The molecule has 184 valence electrons. The van der Waals surface area contributed by atoms with Crippen LogP contribution in [0.25, 0.3) is 0 Å². The normalized spacial score (nSPS) is 16.5. The third-order valence-corrected chi connectivity index (χ3v) is 8.08. The molecule has 0 saturated carbocycles. The molecular formula is C28H35N5OS. The molecule has 0 spiro atoms. The molecule has 3 rings (SSSR count). The average molecular weight is 490 g/mol. The van der Waals surface area contributed by atoms with Crippen LogP contribution in [0.4, 0.5) is 0 Å². The molecule has 7 heteroatoms. The van der Waals surface area contributed by atoms with Crippen LogP contribution in [0, 0.1) is 40.9 Å². The Morgan fingerprint density at radius 1 is 1.20 bits per heavy atom. The number of nitrogens with zero attached hydrogens (tertiary/aromatic N) is 5. The summed E-state index contributed by atoms with van der Waals surface area (Å²) in [5.74, 6) is 1.24. The maximum atomic E-state index is 9.27. The first-order chi connectivity index (χ1) is 17.1. The summed E-state index contributed by atoms with van der Waals surface area (Å²) in [6, 6.07) is 16.5. The summed E-state index contributed by atoms with van der Waals surface area (Å²) in [4.78, 5) is 7.42. The highest BCUT2D eigenvalue weighted by atomic mass is 32.1. The molecule has 1 saturated heterocycles. The minimum absolute atomic E-state index is 0.442. The van der Waals surface area contributed by atoms with Gasteiger partial charge in [0.15, 0.2) is 0 Å². The van der Waals surface area contributed by atoms with Gasteiger partial charge in [-0.15, -0.1) is 11.3 Å². The highest BCUT2D eigenvalue weighted by Crippen LogP contribution is 2.33.